The van der Waals surface area contributed by atoms with Crippen LogP contribution in [0.4, 0.5) is 13.2 Å². The number of carbonyl (C=O) groups excluding carboxylic acids is 8. The molecule has 0 radical (unpaired) electrons. The van der Waals surface area contributed by atoms with Gasteiger partial charge in [-0.25, -0.2) is 9.97 Å². The third-order valence-corrected chi connectivity index (χ3v) is 20.5. The van der Waals surface area contributed by atoms with E-state index in [0.29, 0.717) is 52.7 Å². The summed E-state index contributed by atoms with van der Waals surface area (Å²) in [4.78, 5) is 117. The number of benzene rings is 6. The Hall–Kier alpha value is -9.36. The Labute approximate surface area is 681 Å². The molecule has 2 saturated carbocycles. The summed E-state index contributed by atoms with van der Waals surface area (Å²) < 4.78 is 39.5. The highest BCUT2D eigenvalue weighted by atomic mass is 35.5. The van der Waals surface area contributed by atoms with Crippen molar-refractivity contribution in [3.8, 4) is 0 Å². The van der Waals surface area contributed by atoms with Gasteiger partial charge in [0.1, 0.15) is 11.4 Å². The second kappa shape index (κ2) is 42.0. The van der Waals surface area contributed by atoms with Gasteiger partial charge >= 0.3 is 34.6 Å². The van der Waals surface area contributed by atoms with Gasteiger partial charge in [0.05, 0.1) is 51.5 Å². The maximum absolute atomic E-state index is 13.3. The van der Waals surface area contributed by atoms with E-state index in [1.807, 2.05) is 75.4 Å². The van der Waals surface area contributed by atoms with Crippen molar-refractivity contribution in [3.05, 3.63) is 260 Å². The molecule has 8 aromatic rings. The highest BCUT2D eigenvalue weighted by molar-refractivity contribution is 6.45. The van der Waals surface area contributed by atoms with Crippen molar-refractivity contribution in [1.82, 2.24) is 41.2 Å². The summed E-state index contributed by atoms with van der Waals surface area (Å²) in [5.41, 5.74) is -0.994. The summed E-state index contributed by atoms with van der Waals surface area (Å²) in [6.07, 6.45) is 6.17. The van der Waals surface area contributed by atoms with E-state index in [0.717, 1.165) is 39.9 Å². The van der Waals surface area contributed by atoms with Crippen LogP contribution in [0.1, 0.15) is 174 Å². The molecule has 6 atom stereocenters. The highest BCUT2D eigenvalue weighted by Gasteiger charge is 2.62. The summed E-state index contributed by atoms with van der Waals surface area (Å²) in [6, 6.07) is 41.6. The SMILES string of the molecule is CC(C)(NC(=O)c1ccccc1C(F)(F)F)C(=O)C[C@@H](Cc1ccc(Cl)cc1)B(O)O.CC(C)(NC(=O)c1cnccn1)C(=O)C[C@@H](Cc1ccc(Cl)cc1)B(O)O.CC(C)C[C@H](NC(=O)[C@]1(CC(=O)c2cnccn2)C[C@H]1c1ccccc1)B(O)O.Cc1cccc(C[C@H](CC(=O)C2(NC(=O)c3ccc(Cl)cc3)CC2)B(O)O)c1. The lowest BCUT2D eigenvalue weighted by atomic mass is 9.66. The van der Waals surface area contributed by atoms with E-state index in [4.69, 9.17) is 34.8 Å². The molecule has 0 aliphatic heterocycles. The molecule has 606 valence electrons. The minimum atomic E-state index is -4.73. The number of halogens is 6. The van der Waals surface area contributed by atoms with Crippen LogP contribution in [0.5, 0.6) is 0 Å². The first-order chi connectivity index (χ1) is 54.1. The predicted molar refractivity (Wildman–Crippen MR) is 432 cm³/mol. The standard InChI is InChI=1S/C21H22BClF3NO4.C21H23BClNO4.C21H26BN3O4.C18H21BClN3O4/c1-20(2,27-19(29)16-5-3-4-6-17(16)21(24,25)26)18(28)12-14(22(30)31)11-13-7-9-15(23)10-8-13;1-14-3-2-4-15(11-14)12-17(22(27)28)13-19(25)21(9-10-21)24-20(26)16-5-7-18(23)8-6-16;1-14(2)10-19(22(28)29)25-20(27)21(11-16(21)15-6-4-3-5-7-15)12-18(26)17-13-23-8-9-24-17;1-18(2,23-17(25)15-11-21-7-8-22-15)16(24)10-13(19(26)27)9-12-3-5-14(20)6-4-12/h3-10,14,30-31H,11-12H2,1-2H3,(H,27,29);2-8,11,17,27-28H,9-10,12-13H2,1H3,(H,24,26);3-9,13-14,16,19,28-29H,10-12H2,1-2H3,(H,25,27);3-8,11,13,26-27H,9-10H2,1-2H3,(H,23,25)/t14-;17-;16-,19-,21-;13-/m1101/s1. The second-order valence-corrected chi connectivity index (χ2v) is 31.5. The monoisotopic (exact) mass is 1640 g/mol. The summed E-state index contributed by atoms with van der Waals surface area (Å²) in [7, 11) is -6.75. The van der Waals surface area contributed by atoms with Gasteiger partial charge < -0.3 is 61.5 Å². The van der Waals surface area contributed by atoms with Crippen LogP contribution in [0.15, 0.2) is 189 Å². The molecule has 24 nitrogen and oxygen atoms in total. The molecular weight excluding hydrogens is 1550 g/mol. The number of nitrogens with zero attached hydrogens (tertiary/aromatic N) is 4. The average molecular weight is 1640 g/mol. The number of Topliss-reactive ketones (excluding diaryl/α,β-unsaturated/α-hetero) is 4. The lowest BCUT2D eigenvalue weighted by Gasteiger charge is -2.27. The molecule has 0 saturated heterocycles. The zero-order valence-electron chi connectivity index (χ0n) is 64.3. The molecule has 2 aliphatic carbocycles. The lowest BCUT2D eigenvalue weighted by Crippen LogP contribution is -2.50. The van der Waals surface area contributed by atoms with Crippen LogP contribution in [0.25, 0.3) is 0 Å². The molecule has 12 N–H and O–H groups in total. The third-order valence-electron chi connectivity index (χ3n) is 19.7. The summed E-state index contributed by atoms with van der Waals surface area (Å²) in [6.45, 7) is 11.7. The molecular formula is C81H92B4Cl3F3N8O16. The molecule has 2 fully saturated rings. The second-order valence-electron chi connectivity index (χ2n) is 30.2. The van der Waals surface area contributed by atoms with Gasteiger partial charge in [-0.2, -0.15) is 13.2 Å². The molecule has 2 aliphatic rings. The summed E-state index contributed by atoms with van der Waals surface area (Å²) >= 11 is 17.5. The van der Waals surface area contributed by atoms with Gasteiger partial charge in [-0.1, -0.05) is 145 Å². The maximum atomic E-state index is 13.3. The van der Waals surface area contributed by atoms with Crippen molar-refractivity contribution >= 4 is 110 Å². The maximum Gasteiger partial charge on any atom is 0.475 e. The van der Waals surface area contributed by atoms with E-state index in [9.17, 15) is 91.7 Å². The largest absolute Gasteiger partial charge is 0.475 e. The Bertz CT molecular complexity index is 4590. The number of rotatable bonds is 33. The van der Waals surface area contributed by atoms with Crippen molar-refractivity contribution in [1.29, 1.82) is 0 Å². The Morgan fingerprint density at radius 2 is 1.01 bits per heavy atom. The molecule has 2 heterocycles. The average Bonchev–Trinajstić information content (AvgIpc) is 1.56. The first-order valence-corrected chi connectivity index (χ1v) is 38.1. The first kappa shape index (κ1) is 92.8. The Morgan fingerprint density at radius 1 is 0.539 bits per heavy atom. The lowest BCUT2D eigenvalue weighted by molar-refractivity contribution is -0.138. The number of nitrogens with one attached hydrogen (secondary N) is 4. The highest BCUT2D eigenvalue weighted by Crippen LogP contribution is 2.62. The van der Waals surface area contributed by atoms with E-state index in [1.54, 1.807) is 86.6 Å². The Morgan fingerprint density at radius 3 is 1.47 bits per heavy atom. The van der Waals surface area contributed by atoms with Crippen LogP contribution in [0.2, 0.25) is 32.5 Å². The molecule has 6 aromatic carbocycles. The van der Waals surface area contributed by atoms with Crippen LogP contribution < -0.4 is 21.3 Å². The van der Waals surface area contributed by atoms with Gasteiger partial charge in [-0.05, 0) is 174 Å². The van der Waals surface area contributed by atoms with Crippen molar-refractivity contribution in [3.63, 3.8) is 0 Å². The molecule has 34 heteroatoms. The predicted octanol–water partition coefficient (Wildman–Crippen LogP) is 10.3. The van der Waals surface area contributed by atoms with Crippen LogP contribution in [0.3, 0.4) is 0 Å². The van der Waals surface area contributed by atoms with Crippen LogP contribution >= 0.6 is 34.8 Å². The van der Waals surface area contributed by atoms with E-state index >= 15 is 0 Å². The number of hydrogen-bond acceptors (Lipinski definition) is 20. The Kier molecular flexibility index (Phi) is 33.9. The number of aromatic nitrogens is 4. The molecule has 10 rings (SSSR count). The number of carbonyl (C=O) groups is 8. The topological polar surface area (TPSA) is 398 Å². The minimum Gasteiger partial charge on any atom is -0.427 e. The van der Waals surface area contributed by atoms with Crippen LogP contribution in [0, 0.1) is 18.3 Å². The number of aryl methyl sites for hydroxylation is 1. The normalized spacial score (nSPS) is 15.6. The number of alkyl halides is 3. The number of hydrogen-bond donors (Lipinski definition) is 12. The fourth-order valence-corrected chi connectivity index (χ4v) is 13.2. The van der Waals surface area contributed by atoms with Gasteiger partial charge in [0.15, 0.2) is 23.1 Å². The van der Waals surface area contributed by atoms with Gasteiger partial charge in [0.25, 0.3) is 17.7 Å². The first-order valence-electron chi connectivity index (χ1n) is 37.0. The molecule has 0 unspecified atom stereocenters. The van der Waals surface area contributed by atoms with Crippen LogP contribution in [-0.4, -0.2) is 158 Å². The minimum absolute atomic E-state index is 0.00693. The van der Waals surface area contributed by atoms with Crippen LogP contribution in [-0.2, 0) is 44.6 Å². The van der Waals surface area contributed by atoms with Gasteiger partial charge in [-0.15, -0.1) is 0 Å². The Balaban J connectivity index is 0.000000212. The summed E-state index contributed by atoms with van der Waals surface area (Å²) in [5, 5.41) is 89.8. The van der Waals surface area contributed by atoms with Crippen molar-refractivity contribution in [2.45, 2.75) is 171 Å². The summed E-state index contributed by atoms with van der Waals surface area (Å²) in [5.74, 6) is -6.50. The smallest absolute Gasteiger partial charge is 0.427 e. The fourth-order valence-electron chi connectivity index (χ4n) is 12.8. The fraction of sp³-hybridized carbons (Fsp3) is 0.358. The third kappa shape index (κ3) is 28.2. The van der Waals surface area contributed by atoms with Crippen molar-refractivity contribution in [2.75, 3.05) is 0 Å². The van der Waals surface area contributed by atoms with Gasteiger partial charge in [0, 0.05) is 88.6 Å². The van der Waals surface area contributed by atoms with Crippen molar-refractivity contribution < 1.29 is 91.7 Å². The van der Waals surface area contributed by atoms with E-state index in [2.05, 4.69) is 41.2 Å². The molecule has 0 bridgehead atoms. The zero-order valence-corrected chi connectivity index (χ0v) is 66.6. The van der Waals surface area contributed by atoms with E-state index < -0.39 is 109 Å². The molecule has 2 aromatic heterocycles. The molecule has 0 spiro atoms. The van der Waals surface area contributed by atoms with E-state index in [-0.39, 0.29) is 90.9 Å². The number of ketones is 4. The molecule has 115 heavy (non-hydrogen) atoms. The van der Waals surface area contributed by atoms with Gasteiger partial charge in [0.2, 0.25) is 5.91 Å². The van der Waals surface area contributed by atoms with E-state index in [1.165, 1.54) is 63.2 Å². The quantitative estimate of drug-likeness (QED) is 0.0134. The van der Waals surface area contributed by atoms with Gasteiger partial charge in [-0.3, -0.25) is 48.3 Å². The number of amides is 4. The molecule has 4 amide bonds. The zero-order chi connectivity index (χ0) is 84.8. The van der Waals surface area contributed by atoms with Crippen molar-refractivity contribution in [2.24, 2.45) is 11.3 Å².